The number of likely N-dealkylation sites (tertiary alicyclic amines) is 1. The summed E-state index contributed by atoms with van der Waals surface area (Å²) in [6, 6.07) is 0. The smallest absolute Gasteiger partial charge is 0.00723 e. The summed E-state index contributed by atoms with van der Waals surface area (Å²) >= 11 is 5.49. The highest BCUT2D eigenvalue weighted by Gasteiger charge is 2.18. The Hall–Kier alpha value is 0.790. The van der Waals surface area contributed by atoms with Crippen molar-refractivity contribution in [1.29, 1.82) is 0 Å². The van der Waals surface area contributed by atoms with Gasteiger partial charge in [-0.3, -0.25) is 0 Å². The Morgan fingerprint density at radius 2 is 2.38 bits per heavy atom. The zero-order chi connectivity index (χ0) is 9.52. The molecule has 1 unspecified atom stereocenters. The van der Waals surface area contributed by atoms with Crippen molar-refractivity contribution in [3.63, 3.8) is 0 Å². The molecule has 0 spiro atoms. The summed E-state index contributed by atoms with van der Waals surface area (Å²) in [6.45, 7) is 3.96. The fourth-order valence-electron chi connectivity index (χ4n) is 1.96. The standard InChI is InChI=1S/C10H20BrNS/c1-13-8-7-12-6-2-3-10(9-12)4-5-11/h10H,2-9H2,1H3. The van der Waals surface area contributed by atoms with Gasteiger partial charge in [-0.25, -0.2) is 0 Å². The molecule has 3 heteroatoms. The molecule has 1 fully saturated rings. The van der Waals surface area contributed by atoms with Crippen LogP contribution < -0.4 is 0 Å². The molecule has 1 saturated heterocycles. The van der Waals surface area contributed by atoms with Gasteiger partial charge in [0.05, 0.1) is 0 Å². The molecule has 1 nitrogen and oxygen atoms in total. The molecule has 1 aliphatic heterocycles. The van der Waals surface area contributed by atoms with Gasteiger partial charge in [0.15, 0.2) is 0 Å². The molecule has 1 heterocycles. The predicted octanol–water partition coefficient (Wildman–Crippen LogP) is 2.85. The van der Waals surface area contributed by atoms with Gasteiger partial charge < -0.3 is 4.90 Å². The molecule has 0 aliphatic carbocycles. The van der Waals surface area contributed by atoms with E-state index in [-0.39, 0.29) is 0 Å². The quantitative estimate of drug-likeness (QED) is 0.704. The van der Waals surface area contributed by atoms with Gasteiger partial charge in [0, 0.05) is 24.2 Å². The van der Waals surface area contributed by atoms with Crippen molar-refractivity contribution >= 4 is 27.7 Å². The summed E-state index contributed by atoms with van der Waals surface area (Å²) in [5.74, 6) is 2.25. The molecule has 1 rings (SSSR count). The van der Waals surface area contributed by atoms with Gasteiger partial charge in [-0.1, -0.05) is 15.9 Å². The number of nitrogens with zero attached hydrogens (tertiary/aromatic N) is 1. The number of rotatable bonds is 5. The monoisotopic (exact) mass is 265 g/mol. The van der Waals surface area contributed by atoms with Crippen molar-refractivity contribution in [2.24, 2.45) is 5.92 Å². The number of thioether (sulfide) groups is 1. The Morgan fingerprint density at radius 1 is 1.54 bits per heavy atom. The second-order valence-corrected chi connectivity index (χ2v) is 5.56. The first kappa shape index (κ1) is 11.9. The van der Waals surface area contributed by atoms with Crippen molar-refractivity contribution in [3.05, 3.63) is 0 Å². The molecule has 0 aromatic rings. The Balaban J connectivity index is 2.16. The van der Waals surface area contributed by atoms with Crippen LogP contribution in [-0.2, 0) is 0 Å². The number of alkyl halides is 1. The first-order valence-corrected chi connectivity index (χ1v) is 7.65. The lowest BCUT2D eigenvalue weighted by atomic mass is 9.96. The van der Waals surface area contributed by atoms with E-state index in [1.54, 1.807) is 0 Å². The van der Waals surface area contributed by atoms with E-state index < -0.39 is 0 Å². The van der Waals surface area contributed by atoms with Crippen molar-refractivity contribution in [1.82, 2.24) is 4.90 Å². The molecule has 0 radical (unpaired) electrons. The van der Waals surface area contributed by atoms with Crippen molar-refractivity contribution in [2.45, 2.75) is 19.3 Å². The van der Waals surface area contributed by atoms with Crippen molar-refractivity contribution in [3.8, 4) is 0 Å². The van der Waals surface area contributed by atoms with Crippen LogP contribution in [0.5, 0.6) is 0 Å². The van der Waals surface area contributed by atoms with Gasteiger partial charge in [-0.05, 0) is 38.0 Å². The van der Waals surface area contributed by atoms with E-state index in [2.05, 4.69) is 27.1 Å². The third kappa shape index (κ3) is 4.71. The molecular weight excluding hydrogens is 246 g/mol. The number of hydrogen-bond acceptors (Lipinski definition) is 2. The largest absolute Gasteiger partial charge is 0.302 e. The minimum Gasteiger partial charge on any atom is -0.302 e. The van der Waals surface area contributed by atoms with Gasteiger partial charge in [0.2, 0.25) is 0 Å². The maximum absolute atomic E-state index is 3.53. The van der Waals surface area contributed by atoms with Gasteiger partial charge in [-0.15, -0.1) is 0 Å². The van der Waals surface area contributed by atoms with Crippen LogP contribution in [0.2, 0.25) is 0 Å². The SMILES string of the molecule is CSCCN1CCCC(CCBr)C1. The normalized spacial score (nSPS) is 24.9. The molecule has 0 N–H and O–H groups in total. The van der Waals surface area contributed by atoms with Crippen LogP contribution in [0.4, 0.5) is 0 Å². The summed E-state index contributed by atoms with van der Waals surface area (Å²) in [5.41, 5.74) is 0. The topological polar surface area (TPSA) is 3.24 Å². The molecule has 1 atom stereocenters. The molecule has 78 valence electrons. The van der Waals surface area contributed by atoms with E-state index >= 15 is 0 Å². The van der Waals surface area contributed by atoms with Crippen LogP contribution in [-0.4, -0.2) is 41.9 Å². The zero-order valence-corrected chi connectivity index (χ0v) is 10.9. The fourth-order valence-corrected chi connectivity index (χ4v) is 3.05. The minimum absolute atomic E-state index is 0.954. The molecule has 13 heavy (non-hydrogen) atoms. The van der Waals surface area contributed by atoms with E-state index in [1.807, 2.05) is 11.8 Å². The predicted molar refractivity (Wildman–Crippen MR) is 66.0 cm³/mol. The number of hydrogen-bond donors (Lipinski definition) is 0. The minimum atomic E-state index is 0.954. The molecule has 1 aliphatic rings. The van der Waals surface area contributed by atoms with Crippen LogP contribution in [0.1, 0.15) is 19.3 Å². The lowest BCUT2D eigenvalue weighted by Crippen LogP contribution is -2.36. The van der Waals surface area contributed by atoms with Gasteiger partial charge in [-0.2, -0.15) is 11.8 Å². The van der Waals surface area contributed by atoms with Gasteiger partial charge in [0.25, 0.3) is 0 Å². The van der Waals surface area contributed by atoms with Crippen LogP contribution in [0.3, 0.4) is 0 Å². The molecule has 0 aromatic heterocycles. The lowest BCUT2D eigenvalue weighted by Gasteiger charge is -2.32. The van der Waals surface area contributed by atoms with E-state index in [1.165, 1.54) is 50.0 Å². The van der Waals surface area contributed by atoms with Gasteiger partial charge in [0.1, 0.15) is 0 Å². The second-order valence-electron chi connectivity index (χ2n) is 3.78. The first-order valence-electron chi connectivity index (χ1n) is 5.14. The Labute approximate surface area is 94.8 Å². The fraction of sp³-hybridized carbons (Fsp3) is 1.00. The maximum Gasteiger partial charge on any atom is 0.00723 e. The van der Waals surface area contributed by atoms with E-state index in [4.69, 9.17) is 0 Å². The highest BCUT2D eigenvalue weighted by molar-refractivity contribution is 9.09. The maximum atomic E-state index is 3.53. The first-order chi connectivity index (χ1) is 6.36. The molecule has 0 saturated carbocycles. The summed E-state index contributed by atoms with van der Waals surface area (Å²) in [7, 11) is 0. The Bertz CT molecular complexity index is 130. The van der Waals surface area contributed by atoms with Crippen LogP contribution in [0.25, 0.3) is 0 Å². The van der Waals surface area contributed by atoms with Crippen molar-refractivity contribution < 1.29 is 0 Å². The lowest BCUT2D eigenvalue weighted by molar-refractivity contribution is 0.182. The van der Waals surface area contributed by atoms with Crippen molar-refractivity contribution in [2.75, 3.05) is 37.0 Å². The Kier molecular flexibility index (Phi) is 6.51. The average molecular weight is 266 g/mol. The van der Waals surface area contributed by atoms with E-state index in [9.17, 15) is 0 Å². The second kappa shape index (κ2) is 7.13. The molecule has 0 aromatic carbocycles. The average Bonchev–Trinajstić information content (AvgIpc) is 2.16. The van der Waals surface area contributed by atoms with Crippen LogP contribution >= 0.6 is 27.7 Å². The summed E-state index contributed by atoms with van der Waals surface area (Å²) in [4.78, 5) is 2.63. The highest BCUT2D eigenvalue weighted by atomic mass is 79.9. The summed E-state index contributed by atoms with van der Waals surface area (Å²) in [5, 5.41) is 1.17. The third-order valence-electron chi connectivity index (χ3n) is 2.73. The molecule has 0 bridgehead atoms. The van der Waals surface area contributed by atoms with E-state index in [0.717, 1.165) is 5.92 Å². The van der Waals surface area contributed by atoms with E-state index in [0.29, 0.717) is 0 Å². The third-order valence-corrected chi connectivity index (χ3v) is 3.78. The summed E-state index contributed by atoms with van der Waals surface area (Å²) in [6.07, 6.45) is 6.41. The summed E-state index contributed by atoms with van der Waals surface area (Å²) < 4.78 is 0. The van der Waals surface area contributed by atoms with Crippen LogP contribution in [0, 0.1) is 5.92 Å². The molecule has 0 amide bonds. The van der Waals surface area contributed by atoms with Crippen LogP contribution in [0.15, 0.2) is 0 Å². The molecular formula is C10H20BrNS. The zero-order valence-electron chi connectivity index (χ0n) is 8.47. The van der Waals surface area contributed by atoms with Gasteiger partial charge >= 0.3 is 0 Å². The number of halogens is 1. The number of piperidine rings is 1. The Morgan fingerprint density at radius 3 is 3.08 bits per heavy atom. The highest BCUT2D eigenvalue weighted by Crippen LogP contribution is 2.20.